The lowest BCUT2D eigenvalue weighted by Crippen LogP contribution is -2.24. The molecule has 0 atom stereocenters. The highest BCUT2D eigenvalue weighted by molar-refractivity contribution is 7.71. The van der Waals surface area contributed by atoms with Crippen molar-refractivity contribution in [1.29, 1.82) is 0 Å². The van der Waals surface area contributed by atoms with Crippen LogP contribution in [0.15, 0.2) is 47.3 Å². The topological polar surface area (TPSA) is 75.8 Å². The zero-order valence-corrected chi connectivity index (χ0v) is 13.4. The van der Waals surface area contributed by atoms with E-state index in [2.05, 4.69) is 15.5 Å². The summed E-state index contributed by atoms with van der Waals surface area (Å²) in [5.41, 5.74) is 2.45. The zero-order chi connectivity index (χ0) is 16.2. The van der Waals surface area contributed by atoms with Crippen molar-refractivity contribution in [2.24, 2.45) is 0 Å². The molecule has 1 amide bonds. The largest absolute Gasteiger partial charge is 0.472 e. The number of rotatable bonds is 5. The van der Waals surface area contributed by atoms with Gasteiger partial charge >= 0.3 is 0 Å². The van der Waals surface area contributed by atoms with Crippen LogP contribution >= 0.6 is 12.2 Å². The van der Waals surface area contributed by atoms with Crippen LogP contribution in [-0.4, -0.2) is 20.7 Å². The van der Waals surface area contributed by atoms with Crippen LogP contribution in [0, 0.1) is 4.77 Å². The molecular weight excluding hydrogens is 312 g/mol. The number of carbonyl (C=O) groups is 1. The van der Waals surface area contributed by atoms with Gasteiger partial charge in [-0.25, -0.2) is 0 Å². The minimum atomic E-state index is -0.160. The van der Waals surface area contributed by atoms with E-state index in [4.69, 9.17) is 16.6 Å². The maximum absolute atomic E-state index is 12.3. The Balaban J connectivity index is 1.73. The van der Waals surface area contributed by atoms with Gasteiger partial charge in [-0.2, -0.15) is 5.10 Å². The van der Waals surface area contributed by atoms with Crippen LogP contribution in [0.5, 0.6) is 0 Å². The smallest absolute Gasteiger partial charge is 0.251 e. The van der Waals surface area contributed by atoms with E-state index in [1.54, 1.807) is 18.6 Å². The number of aromatic nitrogens is 3. The number of amides is 1. The molecule has 2 heterocycles. The Hall–Kier alpha value is -2.67. The molecule has 0 aliphatic rings. The van der Waals surface area contributed by atoms with E-state index in [0.29, 0.717) is 29.2 Å². The number of nitrogens with zero attached hydrogens (tertiary/aromatic N) is 2. The molecule has 7 heteroatoms. The van der Waals surface area contributed by atoms with Crippen molar-refractivity contribution in [3.8, 4) is 11.1 Å². The van der Waals surface area contributed by atoms with Gasteiger partial charge in [0.05, 0.1) is 19.1 Å². The summed E-state index contributed by atoms with van der Waals surface area (Å²) >= 11 is 5.13. The van der Waals surface area contributed by atoms with Gasteiger partial charge in [-0.1, -0.05) is 12.1 Å². The Morgan fingerprint density at radius 1 is 1.39 bits per heavy atom. The average molecular weight is 328 g/mol. The van der Waals surface area contributed by atoms with Gasteiger partial charge in [0.1, 0.15) is 0 Å². The van der Waals surface area contributed by atoms with Crippen molar-refractivity contribution >= 4 is 18.1 Å². The molecule has 0 spiro atoms. The van der Waals surface area contributed by atoms with Crippen LogP contribution in [0.4, 0.5) is 0 Å². The molecule has 2 N–H and O–H groups in total. The summed E-state index contributed by atoms with van der Waals surface area (Å²) < 4.78 is 7.48. The lowest BCUT2D eigenvalue weighted by atomic mass is 10.1. The summed E-state index contributed by atoms with van der Waals surface area (Å²) in [6, 6.07) is 9.24. The lowest BCUT2D eigenvalue weighted by molar-refractivity contribution is 0.0949. The summed E-state index contributed by atoms with van der Waals surface area (Å²) in [6.45, 7) is 3.00. The van der Waals surface area contributed by atoms with Crippen LogP contribution in [0.3, 0.4) is 0 Å². The number of nitrogens with one attached hydrogen (secondary N) is 2. The van der Waals surface area contributed by atoms with Crippen LogP contribution in [-0.2, 0) is 13.1 Å². The Morgan fingerprint density at radius 2 is 2.26 bits per heavy atom. The minimum Gasteiger partial charge on any atom is -0.472 e. The normalized spacial score (nSPS) is 10.7. The molecular formula is C16H16N4O2S. The molecule has 3 aromatic rings. The van der Waals surface area contributed by atoms with Gasteiger partial charge < -0.3 is 14.3 Å². The Bertz CT molecular complexity index is 864. The highest BCUT2D eigenvalue weighted by Crippen LogP contribution is 2.20. The number of carbonyl (C=O) groups excluding carboxylic acids is 1. The van der Waals surface area contributed by atoms with Crippen molar-refractivity contribution in [2.45, 2.75) is 20.0 Å². The molecule has 118 valence electrons. The highest BCUT2D eigenvalue weighted by atomic mass is 32.1. The number of furan rings is 1. The Kier molecular flexibility index (Phi) is 4.38. The van der Waals surface area contributed by atoms with Crippen molar-refractivity contribution < 1.29 is 9.21 Å². The molecule has 0 bridgehead atoms. The Morgan fingerprint density at radius 3 is 3.00 bits per heavy atom. The molecule has 2 aromatic heterocycles. The van der Waals surface area contributed by atoms with E-state index in [1.165, 1.54) is 0 Å². The first-order valence-electron chi connectivity index (χ1n) is 7.24. The van der Waals surface area contributed by atoms with Crippen molar-refractivity contribution in [3.63, 3.8) is 0 Å². The molecule has 0 aliphatic heterocycles. The fraction of sp³-hybridized carbons (Fsp3) is 0.188. The van der Waals surface area contributed by atoms with Crippen LogP contribution in [0.1, 0.15) is 23.1 Å². The summed E-state index contributed by atoms with van der Waals surface area (Å²) in [5.74, 6) is 0.545. The number of H-pyrrole nitrogens is 1. The molecule has 1 aromatic carbocycles. The molecule has 23 heavy (non-hydrogen) atoms. The third-order valence-corrected chi connectivity index (χ3v) is 3.85. The van der Waals surface area contributed by atoms with Crippen molar-refractivity contribution in [2.75, 3.05) is 0 Å². The third kappa shape index (κ3) is 3.24. The number of benzene rings is 1. The molecule has 0 radical (unpaired) electrons. The molecule has 3 rings (SSSR count). The molecule has 0 saturated heterocycles. The van der Waals surface area contributed by atoms with Gasteiger partial charge in [-0.15, -0.1) is 0 Å². The van der Waals surface area contributed by atoms with Crippen molar-refractivity contribution in [1.82, 2.24) is 20.1 Å². The molecule has 6 nitrogen and oxygen atoms in total. The second kappa shape index (κ2) is 6.62. The van der Waals surface area contributed by atoms with E-state index < -0.39 is 0 Å². The number of aromatic amines is 1. The average Bonchev–Trinajstić information content (AvgIpc) is 3.22. The van der Waals surface area contributed by atoms with E-state index in [1.807, 2.05) is 35.8 Å². The predicted molar refractivity (Wildman–Crippen MR) is 88.4 cm³/mol. The SMILES string of the molecule is CCn1c(CNC(=O)c2cccc(-c3ccoc3)c2)n[nH]c1=S. The second-order valence-corrected chi connectivity index (χ2v) is 5.35. The summed E-state index contributed by atoms with van der Waals surface area (Å²) in [5, 5.41) is 9.73. The second-order valence-electron chi connectivity index (χ2n) is 4.96. The summed E-state index contributed by atoms with van der Waals surface area (Å²) in [6.07, 6.45) is 3.26. The monoisotopic (exact) mass is 328 g/mol. The standard InChI is InChI=1S/C16H16N4O2S/c1-2-20-14(18-19-16(20)23)9-17-15(21)12-5-3-4-11(8-12)13-6-7-22-10-13/h3-8,10H,2,9H2,1H3,(H,17,21)(H,19,23). The maximum atomic E-state index is 12.3. The first-order valence-corrected chi connectivity index (χ1v) is 7.64. The van der Waals surface area contributed by atoms with E-state index >= 15 is 0 Å². The quantitative estimate of drug-likeness (QED) is 0.706. The fourth-order valence-corrected chi connectivity index (χ4v) is 2.62. The first kappa shape index (κ1) is 15.2. The lowest BCUT2D eigenvalue weighted by Gasteiger charge is -2.07. The molecule has 0 fully saturated rings. The first-order chi connectivity index (χ1) is 11.2. The van der Waals surface area contributed by atoms with E-state index in [9.17, 15) is 4.79 Å². The minimum absolute atomic E-state index is 0.160. The third-order valence-electron chi connectivity index (χ3n) is 3.54. The zero-order valence-electron chi connectivity index (χ0n) is 12.6. The van der Waals surface area contributed by atoms with Gasteiger partial charge in [0.2, 0.25) is 0 Å². The van der Waals surface area contributed by atoms with Gasteiger partial charge in [0.15, 0.2) is 10.6 Å². The Labute approximate surface area is 138 Å². The maximum Gasteiger partial charge on any atom is 0.251 e. The van der Waals surface area contributed by atoms with Gasteiger partial charge in [0.25, 0.3) is 5.91 Å². The number of hydrogen-bond donors (Lipinski definition) is 2. The van der Waals surface area contributed by atoms with Crippen LogP contribution in [0.2, 0.25) is 0 Å². The molecule has 0 unspecified atom stereocenters. The summed E-state index contributed by atoms with van der Waals surface area (Å²) in [7, 11) is 0. The molecule has 0 aliphatic carbocycles. The van der Waals surface area contributed by atoms with Gasteiger partial charge in [-0.05, 0) is 42.9 Å². The van der Waals surface area contributed by atoms with Crippen LogP contribution < -0.4 is 5.32 Å². The van der Waals surface area contributed by atoms with Crippen molar-refractivity contribution in [3.05, 3.63) is 59.0 Å². The number of hydrogen-bond acceptors (Lipinski definition) is 4. The predicted octanol–water partition coefficient (Wildman–Crippen LogP) is 3.15. The highest BCUT2D eigenvalue weighted by Gasteiger charge is 2.10. The fourth-order valence-electron chi connectivity index (χ4n) is 2.34. The molecule has 0 saturated carbocycles. The van der Waals surface area contributed by atoms with Gasteiger partial charge in [0, 0.05) is 17.7 Å². The van der Waals surface area contributed by atoms with Crippen LogP contribution in [0.25, 0.3) is 11.1 Å². The van der Waals surface area contributed by atoms with E-state index in [0.717, 1.165) is 11.1 Å². The summed E-state index contributed by atoms with van der Waals surface area (Å²) in [4.78, 5) is 12.3. The van der Waals surface area contributed by atoms with E-state index in [-0.39, 0.29) is 5.91 Å². The van der Waals surface area contributed by atoms with Gasteiger partial charge in [-0.3, -0.25) is 9.89 Å².